The SMILES string of the molecule is CCCn1c2nc(-c3ccco3)nc-2c2n(c1=O)CC(Cc1ccc(F)cc1)N2.Cl. The molecule has 0 bridgehead atoms. The first-order chi connectivity index (χ1) is 14.1. The van der Waals surface area contributed by atoms with E-state index in [2.05, 4.69) is 15.3 Å². The lowest BCUT2D eigenvalue weighted by Gasteiger charge is -2.13. The summed E-state index contributed by atoms with van der Waals surface area (Å²) < 4.78 is 22.0. The summed E-state index contributed by atoms with van der Waals surface area (Å²) in [5.41, 5.74) is 1.56. The molecule has 1 unspecified atom stereocenters. The van der Waals surface area contributed by atoms with Crippen LogP contribution in [0.4, 0.5) is 10.2 Å². The number of fused-ring (bicyclic) bond motifs is 3. The van der Waals surface area contributed by atoms with E-state index in [0.717, 1.165) is 12.0 Å². The largest absolute Gasteiger partial charge is 0.461 e. The van der Waals surface area contributed by atoms with Crippen molar-refractivity contribution in [3.05, 3.63) is 64.5 Å². The third kappa shape index (κ3) is 3.37. The van der Waals surface area contributed by atoms with Gasteiger partial charge in [-0.25, -0.2) is 19.2 Å². The standard InChI is InChI=1S/C21H20FN5O2.ClH/c1-2-9-26-20-17(24-18(25-20)16-4-3-10-29-16)19-23-15(12-27(19)21(26)28)11-13-5-7-14(22)8-6-13;/h3-8,10,15,23H,2,9,11-12H2,1H3;1H. The summed E-state index contributed by atoms with van der Waals surface area (Å²) in [6.45, 7) is 3.11. The van der Waals surface area contributed by atoms with Crippen LogP contribution in [-0.4, -0.2) is 25.1 Å². The fourth-order valence-corrected chi connectivity index (χ4v) is 3.88. The minimum Gasteiger partial charge on any atom is -0.461 e. The molecular formula is C21H21ClFN5O2. The van der Waals surface area contributed by atoms with Gasteiger partial charge >= 0.3 is 5.69 Å². The fraction of sp³-hybridized carbons (Fsp3) is 0.286. The van der Waals surface area contributed by atoms with Crippen LogP contribution in [0.5, 0.6) is 0 Å². The maximum Gasteiger partial charge on any atom is 0.331 e. The summed E-state index contributed by atoms with van der Waals surface area (Å²) in [6.07, 6.45) is 3.06. The number of nitrogens with one attached hydrogen (secondary N) is 1. The van der Waals surface area contributed by atoms with Gasteiger partial charge in [0.05, 0.1) is 6.26 Å². The average Bonchev–Trinajstić information content (AvgIpc) is 3.45. The normalized spacial score (nSPS) is 15.1. The van der Waals surface area contributed by atoms with E-state index in [9.17, 15) is 9.18 Å². The Bertz CT molecular complexity index is 1180. The molecule has 9 heteroatoms. The topological polar surface area (TPSA) is 77.9 Å². The molecule has 1 N–H and O–H groups in total. The van der Waals surface area contributed by atoms with Crippen molar-refractivity contribution in [3.8, 4) is 23.1 Å². The van der Waals surface area contributed by atoms with Crippen LogP contribution in [0.2, 0.25) is 0 Å². The molecule has 4 heterocycles. The molecule has 0 fully saturated rings. The Hall–Kier alpha value is -3.13. The molecule has 0 radical (unpaired) electrons. The van der Waals surface area contributed by atoms with Crippen molar-refractivity contribution >= 4 is 18.2 Å². The predicted molar refractivity (Wildman–Crippen MR) is 114 cm³/mol. The van der Waals surface area contributed by atoms with Crippen molar-refractivity contribution in [1.82, 2.24) is 19.1 Å². The van der Waals surface area contributed by atoms with Gasteiger partial charge in [0.1, 0.15) is 17.3 Å². The van der Waals surface area contributed by atoms with Crippen LogP contribution in [0.15, 0.2) is 51.9 Å². The molecule has 0 saturated heterocycles. The van der Waals surface area contributed by atoms with Gasteiger partial charge in [-0.05, 0) is 42.7 Å². The lowest BCUT2D eigenvalue weighted by atomic mass is 10.1. The van der Waals surface area contributed by atoms with E-state index in [1.165, 1.54) is 12.1 Å². The van der Waals surface area contributed by atoms with Crippen molar-refractivity contribution in [2.45, 2.75) is 38.9 Å². The van der Waals surface area contributed by atoms with Crippen molar-refractivity contribution < 1.29 is 8.81 Å². The highest BCUT2D eigenvalue weighted by Gasteiger charge is 2.32. The summed E-state index contributed by atoms with van der Waals surface area (Å²) in [5.74, 6) is 2.01. The van der Waals surface area contributed by atoms with Crippen molar-refractivity contribution in [2.75, 3.05) is 5.32 Å². The summed E-state index contributed by atoms with van der Waals surface area (Å²) in [6, 6.07) is 10.0. The Balaban J connectivity index is 0.00000218. The molecule has 0 aliphatic carbocycles. The number of benzene rings is 1. The van der Waals surface area contributed by atoms with Gasteiger partial charge in [0.2, 0.25) is 0 Å². The maximum atomic E-state index is 13.2. The van der Waals surface area contributed by atoms with E-state index in [-0.39, 0.29) is 30.0 Å². The van der Waals surface area contributed by atoms with E-state index in [4.69, 9.17) is 4.42 Å². The van der Waals surface area contributed by atoms with Crippen LogP contribution in [0.1, 0.15) is 18.9 Å². The van der Waals surface area contributed by atoms with Crippen LogP contribution in [-0.2, 0) is 19.5 Å². The highest BCUT2D eigenvalue weighted by molar-refractivity contribution is 5.85. The van der Waals surface area contributed by atoms with E-state index in [1.54, 1.807) is 39.7 Å². The highest BCUT2D eigenvalue weighted by Crippen LogP contribution is 2.33. The number of anilines is 1. The molecule has 30 heavy (non-hydrogen) atoms. The molecule has 7 nitrogen and oxygen atoms in total. The Morgan fingerprint density at radius 3 is 2.73 bits per heavy atom. The van der Waals surface area contributed by atoms with Gasteiger partial charge in [-0.1, -0.05) is 19.1 Å². The minimum atomic E-state index is -0.257. The Labute approximate surface area is 178 Å². The molecule has 0 spiro atoms. The maximum absolute atomic E-state index is 13.2. The highest BCUT2D eigenvalue weighted by atomic mass is 35.5. The molecule has 5 rings (SSSR count). The molecule has 0 saturated carbocycles. The Kier molecular flexibility index (Phi) is 5.34. The third-order valence-corrected chi connectivity index (χ3v) is 5.18. The Morgan fingerprint density at radius 2 is 2.03 bits per heavy atom. The van der Waals surface area contributed by atoms with Crippen molar-refractivity contribution in [3.63, 3.8) is 0 Å². The second-order valence-electron chi connectivity index (χ2n) is 7.26. The van der Waals surface area contributed by atoms with Crippen molar-refractivity contribution in [2.24, 2.45) is 0 Å². The van der Waals surface area contributed by atoms with Crippen LogP contribution in [0.25, 0.3) is 23.1 Å². The van der Waals surface area contributed by atoms with Crippen molar-refractivity contribution in [1.29, 1.82) is 0 Å². The number of aromatic nitrogens is 4. The zero-order chi connectivity index (χ0) is 20.0. The molecule has 1 aromatic heterocycles. The van der Waals surface area contributed by atoms with Crippen LogP contribution in [0.3, 0.4) is 0 Å². The first kappa shape index (κ1) is 20.2. The summed E-state index contributed by atoms with van der Waals surface area (Å²) in [7, 11) is 0. The number of hydrogen-bond donors (Lipinski definition) is 1. The van der Waals surface area contributed by atoms with Gasteiger partial charge in [-0.15, -0.1) is 12.4 Å². The van der Waals surface area contributed by atoms with E-state index in [0.29, 0.717) is 48.4 Å². The molecule has 0 amide bonds. The number of nitrogens with zero attached hydrogens (tertiary/aromatic N) is 4. The molecule has 156 valence electrons. The quantitative estimate of drug-likeness (QED) is 0.522. The number of furan rings is 1. The van der Waals surface area contributed by atoms with Gasteiger partial charge < -0.3 is 9.73 Å². The van der Waals surface area contributed by atoms with E-state index in [1.807, 2.05) is 6.92 Å². The number of halogens is 2. The zero-order valence-corrected chi connectivity index (χ0v) is 17.2. The second-order valence-corrected chi connectivity index (χ2v) is 7.26. The smallest absolute Gasteiger partial charge is 0.331 e. The molecule has 1 aromatic carbocycles. The summed E-state index contributed by atoms with van der Waals surface area (Å²) in [5, 5.41) is 3.43. The molecular weight excluding hydrogens is 409 g/mol. The second kappa shape index (κ2) is 7.95. The van der Waals surface area contributed by atoms with Gasteiger partial charge in [0, 0.05) is 19.1 Å². The first-order valence-electron chi connectivity index (χ1n) is 9.70. The molecule has 3 aliphatic rings. The molecule has 1 atom stereocenters. The number of imidazole rings is 1. The summed E-state index contributed by atoms with van der Waals surface area (Å²) in [4.78, 5) is 22.4. The van der Waals surface area contributed by atoms with E-state index < -0.39 is 0 Å². The minimum absolute atomic E-state index is 0. The zero-order valence-electron chi connectivity index (χ0n) is 16.3. The predicted octanol–water partition coefficient (Wildman–Crippen LogP) is 3.81. The van der Waals surface area contributed by atoms with Gasteiger partial charge in [0.15, 0.2) is 17.4 Å². The van der Waals surface area contributed by atoms with E-state index >= 15 is 0 Å². The lowest BCUT2D eigenvalue weighted by Crippen LogP contribution is -2.32. The fourth-order valence-electron chi connectivity index (χ4n) is 3.88. The lowest BCUT2D eigenvalue weighted by molar-refractivity contribution is 0.559. The van der Waals surface area contributed by atoms with Gasteiger partial charge in [0.25, 0.3) is 0 Å². The molecule has 2 aromatic rings. The third-order valence-electron chi connectivity index (χ3n) is 5.18. The summed E-state index contributed by atoms with van der Waals surface area (Å²) >= 11 is 0. The van der Waals surface area contributed by atoms with Gasteiger partial charge in [-0.2, -0.15) is 0 Å². The number of hydrogen-bond acceptors (Lipinski definition) is 5. The Morgan fingerprint density at radius 1 is 1.23 bits per heavy atom. The molecule has 3 aliphatic heterocycles. The average molecular weight is 430 g/mol. The van der Waals surface area contributed by atoms with Gasteiger partial charge in [-0.3, -0.25) is 9.13 Å². The van der Waals surface area contributed by atoms with Crippen LogP contribution in [0, 0.1) is 5.82 Å². The van der Waals surface area contributed by atoms with Crippen LogP contribution >= 0.6 is 12.4 Å². The first-order valence-corrected chi connectivity index (χ1v) is 9.70. The number of rotatable bonds is 5. The monoisotopic (exact) mass is 429 g/mol. The van der Waals surface area contributed by atoms with Crippen LogP contribution < -0.4 is 11.0 Å².